The molecule has 7 nitrogen and oxygen atoms in total. The van der Waals surface area contributed by atoms with Gasteiger partial charge in [0.15, 0.2) is 5.82 Å². The zero-order valence-electron chi connectivity index (χ0n) is 13.6. The number of hydrogen-bond acceptors (Lipinski definition) is 7. The van der Waals surface area contributed by atoms with Crippen LogP contribution in [-0.2, 0) is 28.7 Å². The summed E-state index contributed by atoms with van der Waals surface area (Å²) in [6.07, 6.45) is 1.69. The van der Waals surface area contributed by atoms with Crippen molar-refractivity contribution in [3.63, 3.8) is 0 Å². The van der Waals surface area contributed by atoms with E-state index in [1.165, 1.54) is 0 Å². The summed E-state index contributed by atoms with van der Waals surface area (Å²) in [6.45, 7) is 4.02. The van der Waals surface area contributed by atoms with Gasteiger partial charge in [-0.05, 0) is 18.9 Å². The monoisotopic (exact) mass is 346 g/mol. The third-order valence-corrected chi connectivity index (χ3v) is 4.54. The van der Waals surface area contributed by atoms with Gasteiger partial charge >= 0.3 is 0 Å². The summed E-state index contributed by atoms with van der Waals surface area (Å²) in [7, 11) is -1.25. The quantitative estimate of drug-likeness (QED) is 0.649. The minimum Gasteiger partial charge on any atom is -0.338 e. The fourth-order valence-corrected chi connectivity index (χ4v) is 3.13. The molecule has 3 rings (SSSR count). The van der Waals surface area contributed by atoms with E-state index in [-0.39, 0.29) is 11.5 Å². The minimum atomic E-state index is -1.25. The molecule has 0 N–H and O–H groups in total. The van der Waals surface area contributed by atoms with Crippen molar-refractivity contribution < 1.29 is 13.3 Å². The second-order valence-electron chi connectivity index (χ2n) is 5.41. The van der Waals surface area contributed by atoms with Crippen LogP contribution in [0.5, 0.6) is 0 Å². The minimum absolute atomic E-state index is 0.157. The Labute approximate surface area is 141 Å². The molecule has 2 aromatic heterocycles. The zero-order chi connectivity index (χ0) is 16.9. The first-order chi connectivity index (χ1) is 11.7. The second-order valence-corrected chi connectivity index (χ2v) is 6.87. The van der Waals surface area contributed by atoms with Gasteiger partial charge in [-0.1, -0.05) is 41.5 Å². The van der Waals surface area contributed by atoms with E-state index in [0.717, 1.165) is 24.0 Å². The highest BCUT2D eigenvalue weighted by Gasteiger charge is 2.15. The van der Waals surface area contributed by atoms with E-state index in [0.29, 0.717) is 23.4 Å². The van der Waals surface area contributed by atoms with Crippen molar-refractivity contribution in [1.29, 1.82) is 0 Å². The van der Waals surface area contributed by atoms with Crippen LogP contribution in [-0.4, -0.2) is 24.5 Å². The molecule has 1 atom stereocenters. The van der Waals surface area contributed by atoms with E-state index in [1.54, 1.807) is 0 Å². The molecule has 8 heteroatoms. The maximum Gasteiger partial charge on any atom is 0.239 e. The van der Waals surface area contributed by atoms with Gasteiger partial charge in [0.25, 0.3) is 0 Å². The van der Waals surface area contributed by atoms with Gasteiger partial charge in [0.2, 0.25) is 17.6 Å². The molecule has 0 bridgehead atoms. The molecule has 1 unspecified atom stereocenters. The molecule has 0 aliphatic rings. The van der Waals surface area contributed by atoms with Gasteiger partial charge in [-0.2, -0.15) is 9.97 Å². The first kappa shape index (κ1) is 16.5. The summed E-state index contributed by atoms with van der Waals surface area (Å²) in [6, 6.07) is 7.77. The molecule has 2 heterocycles. The van der Waals surface area contributed by atoms with Gasteiger partial charge in [-0.3, -0.25) is 4.21 Å². The predicted octanol–water partition coefficient (Wildman–Crippen LogP) is 2.83. The van der Waals surface area contributed by atoms with Crippen LogP contribution in [0.3, 0.4) is 0 Å². The van der Waals surface area contributed by atoms with Gasteiger partial charge < -0.3 is 9.05 Å². The van der Waals surface area contributed by atoms with Crippen molar-refractivity contribution in [1.82, 2.24) is 20.3 Å². The summed E-state index contributed by atoms with van der Waals surface area (Å²) in [5.74, 6) is 2.19. The van der Waals surface area contributed by atoms with Crippen LogP contribution in [0.15, 0.2) is 33.3 Å². The highest BCUT2D eigenvalue weighted by molar-refractivity contribution is 7.83. The van der Waals surface area contributed by atoms with Crippen LogP contribution in [0, 0.1) is 6.92 Å². The smallest absolute Gasteiger partial charge is 0.239 e. The van der Waals surface area contributed by atoms with Gasteiger partial charge in [-0.25, -0.2) is 0 Å². The molecule has 0 aliphatic heterocycles. The average Bonchev–Trinajstić information content (AvgIpc) is 3.18. The Morgan fingerprint density at radius 1 is 1.04 bits per heavy atom. The highest BCUT2D eigenvalue weighted by Crippen LogP contribution is 2.20. The van der Waals surface area contributed by atoms with Crippen molar-refractivity contribution in [2.45, 2.75) is 38.2 Å². The molecule has 3 aromatic rings. The largest absolute Gasteiger partial charge is 0.338 e. The third-order valence-electron chi connectivity index (χ3n) is 3.41. The van der Waals surface area contributed by atoms with Crippen molar-refractivity contribution in [2.24, 2.45) is 0 Å². The molecule has 0 fully saturated rings. The highest BCUT2D eigenvalue weighted by atomic mass is 32.2. The van der Waals surface area contributed by atoms with Crippen LogP contribution in [0.4, 0.5) is 0 Å². The average molecular weight is 346 g/mol. The van der Waals surface area contributed by atoms with Gasteiger partial charge in [0.05, 0.1) is 0 Å². The Bertz CT molecular complexity index is 843. The Morgan fingerprint density at radius 2 is 1.75 bits per heavy atom. The molecular formula is C16H18N4O3S. The molecule has 1 aromatic carbocycles. The lowest BCUT2D eigenvalue weighted by Crippen LogP contribution is -2.00. The van der Waals surface area contributed by atoms with E-state index in [9.17, 15) is 4.21 Å². The first-order valence-corrected chi connectivity index (χ1v) is 9.19. The molecular weight excluding hydrogens is 328 g/mol. The van der Waals surface area contributed by atoms with Crippen LogP contribution in [0.2, 0.25) is 0 Å². The summed E-state index contributed by atoms with van der Waals surface area (Å²) in [5.41, 5.74) is 1.96. The summed E-state index contributed by atoms with van der Waals surface area (Å²) >= 11 is 0. The second kappa shape index (κ2) is 7.48. The Morgan fingerprint density at radius 3 is 2.50 bits per heavy atom. The number of benzene rings is 1. The van der Waals surface area contributed by atoms with Crippen LogP contribution >= 0.6 is 0 Å². The number of aryl methyl sites for hydroxylation is 2. The SMILES string of the molecule is CCCc1noc(CS(=O)Cc2nc(-c3ccccc3C)no2)n1. The normalized spacial score (nSPS) is 12.4. The maximum atomic E-state index is 12.2. The fraction of sp³-hybridized carbons (Fsp3) is 0.375. The fourth-order valence-electron chi connectivity index (χ4n) is 2.25. The molecule has 126 valence electrons. The van der Waals surface area contributed by atoms with E-state index in [4.69, 9.17) is 9.05 Å². The number of aromatic nitrogens is 4. The summed E-state index contributed by atoms with van der Waals surface area (Å²) < 4.78 is 22.5. The van der Waals surface area contributed by atoms with Crippen molar-refractivity contribution in [2.75, 3.05) is 0 Å². The predicted molar refractivity (Wildman–Crippen MR) is 88.3 cm³/mol. The lowest BCUT2D eigenvalue weighted by atomic mass is 10.1. The standard InChI is InChI=1S/C16H18N4O3S/c1-3-6-13-17-14(22-19-13)9-24(21)10-15-18-16(20-23-15)12-8-5-4-7-11(12)2/h4-5,7-8H,3,6,9-10H2,1-2H3. The van der Waals surface area contributed by atoms with Crippen LogP contribution in [0.25, 0.3) is 11.4 Å². The van der Waals surface area contributed by atoms with Gasteiger partial charge in [-0.15, -0.1) is 0 Å². The van der Waals surface area contributed by atoms with Crippen LogP contribution < -0.4 is 0 Å². The number of hydrogen-bond donors (Lipinski definition) is 0. The van der Waals surface area contributed by atoms with Crippen molar-refractivity contribution >= 4 is 10.8 Å². The van der Waals surface area contributed by atoms with Gasteiger partial charge in [0.1, 0.15) is 11.5 Å². The molecule has 0 saturated heterocycles. The van der Waals surface area contributed by atoms with Crippen LogP contribution in [0.1, 0.15) is 36.5 Å². The van der Waals surface area contributed by atoms with E-state index in [1.807, 2.05) is 38.1 Å². The third kappa shape index (κ3) is 3.94. The molecule has 0 spiro atoms. The Hall–Kier alpha value is -2.35. The van der Waals surface area contributed by atoms with E-state index >= 15 is 0 Å². The van der Waals surface area contributed by atoms with Crippen molar-refractivity contribution in [3.05, 3.63) is 47.4 Å². The maximum absolute atomic E-state index is 12.2. The van der Waals surface area contributed by atoms with E-state index < -0.39 is 10.8 Å². The molecule has 0 aliphatic carbocycles. The lowest BCUT2D eigenvalue weighted by Gasteiger charge is -1.98. The lowest BCUT2D eigenvalue weighted by molar-refractivity contribution is 0.382. The van der Waals surface area contributed by atoms with Crippen molar-refractivity contribution in [3.8, 4) is 11.4 Å². The van der Waals surface area contributed by atoms with Gasteiger partial charge in [0, 0.05) is 22.8 Å². The molecule has 0 amide bonds. The Balaban J connectivity index is 1.64. The summed E-state index contributed by atoms with van der Waals surface area (Å²) in [4.78, 5) is 8.53. The molecule has 0 radical (unpaired) electrons. The molecule has 24 heavy (non-hydrogen) atoms. The Kier molecular flexibility index (Phi) is 5.14. The number of nitrogens with zero attached hydrogens (tertiary/aromatic N) is 4. The topological polar surface area (TPSA) is 94.9 Å². The zero-order valence-corrected chi connectivity index (χ0v) is 14.4. The number of rotatable bonds is 7. The first-order valence-electron chi connectivity index (χ1n) is 7.70. The molecule has 0 saturated carbocycles. The summed E-state index contributed by atoms with van der Waals surface area (Å²) in [5, 5.41) is 7.81. The van der Waals surface area contributed by atoms with E-state index in [2.05, 4.69) is 20.3 Å².